The van der Waals surface area contributed by atoms with Crippen LogP contribution in [0, 0.1) is 29.1 Å². The number of hydrogen-bond acceptors (Lipinski definition) is 15. The number of carbonyl (C=O) groups is 3. The maximum absolute atomic E-state index is 14.4. The molecule has 17 nitrogen and oxygen atoms in total. The van der Waals surface area contributed by atoms with E-state index >= 15 is 0 Å². The van der Waals surface area contributed by atoms with Gasteiger partial charge in [0.2, 0.25) is 5.60 Å². The van der Waals surface area contributed by atoms with Gasteiger partial charge in [0.25, 0.3) is 0 Å². The van der Waals surface area contributed by atoms with Crippen LogP contribution in [0.15, 0.2) is 48.8 Å². The summed E-state index contributed by atoms with van der Waals surface area (Å²) in [5.74, 6) is -3.14. The molecule has 0 aliphatic carbocycles. The molecule has 0 radical (unpaired) electrons. The van der Waals surface area contributed by atoms with Crippen LogP contribution in [0.3, 0.4) is 0 Å². The highest BCUT2D eigenvalue weighted by atomic mass is 31.2. The number of ether oxygens (including phenoxy) is 5. The monoisotopic (exact) mass is 728 g/mol. The Bertz CT molecular complexity index is 1810. The fraction of sp³-hybridized carbons (Fsp3) is 0.515. The Morgan fingerprint density at radius 3 is 2.37 bits per heavy atom. The van der Waals surface area contributed by atoms with Gasteiger partial charge in [0.15, 0.2) is 18.0 Å². The van der Waals surface area contributed by atoms with Crippen molar-refractivity contribution in [3.8, 4) is 11.8 Å². The number of hydrogen-bond donors (Lipinski definition) is 2. The molecule has 1 aromatic carbocycles. The molecule has 2 saturated heterocycles. The Morgan fingerprint density at radius 2 is 1.75 bits per heavy atom. The minimum absolute atomic E-state index is 0.0524. The molecule has 274 valence electrons. The van der Waals surface area contributed by atoms with E-state index in [9.17, 15) is 24.2 Å². The third-order valence-electron chi connectivity index (χ3n) is 8.12. The lowest BCUT2D eigenvalue weighted by molar-refractivity contribution is -0.173. The van der Waals surface area contributed by atoms with Crippen molar-refractivity contribution in [1.82, 2.24) is 19.7 Å². The number of esters is 3. The molecule has 3 N–H and O–H groups in total. The molecular formula is C33H41N6O11P. The summed E-state index contributed by atoms with van der Waals surface area (Å²) < 4.78 is 56.2. The van der Waals surface area contributed by atoms with Crippen LogP contribution in [0.2, 0.25) is 0 Å². The Morgan fingerprint density at radius 1 is 1.06 bits per heavy atom. The van der Waals surface area contributed by atoms with Crippen molar-refractivity contribution in [2.24, 2.45) is 17.8 Å². The first-order valence-electron chi connectivity index (χ1n) is 16.4. The number of anilines is 1. The molecule has 6 atom stereocenters. The Kier molecular flexibility index (Phi) is 11.6. The molecule has 2 aliphatic heterocycles. The molecule has 51 heavy (non-hydrogen) atoms. The van der Waals surface area contributed by atoms with Crippen LogP contribution in [0.5, 0.6) is 5.75 Å². The second-order valence-electron chi connectivity index (χ2n) is 12.9. The summed E-state index contributed by atoms with van der Waals surface area (Å²) in [7, 11) is -4.57. The zero-order valence-corrected chi connectivity index (χ0v) is 29.7. The van der Waals surface area contributed by atoms with Gasteiger partial charge in [-0.1, -0.05) is 45.9 Å². The molecular weight excluding hydrogens is 687 g/mol. The minimum Gasteiger partial charge on any atom is -0.464 e. The third-order valence-corrected chi connectivity index (χ3v) is 9.74. The lowest BCUT2D eigenvalue weighted by Crippen LogP contribution is -2.50. The fourth-order valence-electron chi connectivity index (χ4n) is 5.14. The smallest absolute Gasteiger partial charge is 0.459 e. The van der Waals surface area contributed by atoms with Crippen LogP contribution in [0.25, 0.3) is 5.52 Å². The van der Waals surface area contributed by atoms with Gasteiger partial charge in [0.1, 0.15) is 42.4 Å². The molecule has 2 unspecified atom stereocenters. The Labute approximate surface area is 294 Å². The van der Waals surface area contributed by atoms with Crippen molar-refractivity contribution in [3.63, 3.8) is 0 Å². The first kappa shape index (κ1) is 37.7. The Hall–Kier alpha value is -4.59. The first-order valence-corrected chi connectivity index (χ1v) is 17.9. The molecule has 5 rings (SSSR count). The zero-order valence-electron chi connectivity index (χ0n) is 28.8. The number of aromatic nitrogens is 3. The molecule has 2 fully saturated rings. The lowest BCUT2D eigenvalue weighted by Gasteiger charge is -2.31. The van der Waals surface area contributed by atoms with Crippen LogP contribution >= 0.6 is 7.75 Å². The van der Waals surface area contributed by atoms with Crippen LogP contribution in [-0.2, 0) is 47.2 Å². The molecule has 0 amide bonds. The van der Waals surface area contributed by atoms with Crippen molar-refractivity contribution in [1.29, 1.82) is 5.26 Å². The average molecular weight is 729 g/mol. The standard InChI is InChI=1S/C33H41N6O11P/c1-19(2)30(40)47-27-26(24-11-12-25-29(35)36-18-37-39(24)25)49-33(16-34,28(27)48-31(41)20(3)4)17-46-51(43,50-23-9-7-6-8-10-23)38-21(5)32(42)45-15-22-13-44-14-22/h6-12,18-22,26-28H,13-15,17H2,1-5H3,(H,38,43)(H2,35,36,37)/t21?,26-,27-,28-,33+,51?/m0/s1. The lowest BCUT2D eigenvalue weighted by atomic mass is 9.95. The summed E-state index contributed by atoms with van der Waals surface area (Å²) in [5.41, 5.74) is 4.47. The minimum atomic E-state index is -4.57. The number of rotatable bonds is 15. The molecule has 0 saturated carbocycles. The fourth-order valence-corrected chi connectivity index (χ4v) is 6.66. The highest BCUT2D eigenvalue weighted by Gasteiger charge is 2.62. The van der Waals surface area contributed by atoms with Gasteiger partial charge < -0.3 is 33.9 Å². The van der Waals surface area contributed by atoms with Gasteiger partial charge in [0, 0.05) is 5.92 Å². The number of nitrogens with one attached hydrogen (secondary N) is 1. The van der Waals surface area contributed by atoms with Crippen molar-refractivity contribution >= 4 is 37.0 Å². The summed E-state index contributed by atoms with van der Waals surface area (Å²) in [6.45, 7) is 7.96. The third kappa shape index (κ3) is 8.49. The van der Waals surface area contributed by atoms with E-state index in [0.29, 0.717) is 18.7 Å². The molecule has 4 heterocycles. The normalized spacial score (nSPS) is 23.6. The van der Waals surface area contributed by atoms with E-state index in [1.807, 2.05) is 6.07 Å². The van der Waals surface area contributed by atoms with E-state index in [2.05, 4.69) is 15.2 Å². The van der Waals surface area contributed by atoms with Gasteiger partial charge in [-0.3, -0.25) is 18.9 Å². The highest BCUT2D eigenvalue weighted by molar-refractivity contribution is 7.52. The van der Waals surface area contributed by atoms with Crippen LogP contribution in [-0.4, -0.2) is 82.8 Å². The second kappa shape index (κ2) is 15.7. The van der Waals surface area contributed by atoms with Gasteiger partial charge in [-0.25, -0.2) is 14.1 Å². The summed E-state index contributed by atoms with van der Waals surface area (Å²) in [6, 6.07) is 12.0. The van der Waals surface area contributed by atoms with E-state index < -0.39 is 74.1 Å². The molecule has 0 spiro atoms. The van der Waals surface area contributed by atoms with E-state index in [1.54, 1.807) is 58.0 Å². The average Bonchev–Trinajstić information content (AvgIpc) is 3.63. The van der Waals surface area contributed by atoms with Crippen LogP contribution < -0.4 is 15.3 Å². The van der Waals surface area contributed by atoms with Gasteiger partial charge in [-0.2, -0.15) is 15.4 Å². The first-order chi connectivity index (χ1) is 24.3. The number of fused-ring (bicyclic) bond motifs is 1. The van der Waals surface area contributed by atoms with E-state index in [1.165, 1.54) is 29.9 Å². The number of nitrogens with two attached hydrogens (primary N) is 1. The molecule has 3 aromatic rings. The van der Waals surface area contributed by atoms with Gasteiger partial charge in [-0.15, -0.1) is 0 Å². The van der Waals surface area contributed by atoms with Crippen molar-refractivity contribution in [2.45, 2.75) is 64.6 Å². The number of benzene rings is 1. The van der Waals surface area contributed by atoms with Crippen molar-refractivity contribution in [2.75, 3.05) is 32.2 Å². The molecule has 2 aromatic heterocycles. The van der Waals surface area contributed by atoms with Crippen molar-refractivity contribution in [3.05, 3.63) is 54.5 Å². The van der Waals surface area contributed by atoms with E-state index in [0.717, 1.165) is 0 Å². The van der Waals surface area contributed by atoms with Crippen LogP contribution in [0.4, 0.5) is 5.82 Å². The second-order valence-corrected chi connectivity index (χ2v) is 14.6. The number of nitrogen functional groups attached to an aromatic ring is 1. The molecule has 18 heteroatoms. The predicted octanol–water partition coefficient (Wildman–Crippen LogP) is 3.15. The van der Waals surface area contributed by atoms with Gasteiger partial charge in [0.05, 0.1) is 37.4 Å². The van der Waals surface area contributed by atoms with Crippen LogP contribution in [0.1, 0.15) is 46.4 Å². The number of para-hydroxylation sites is 1. The zero-order chi connectivity index (χ0) is 36.9. The summed E-state index contributed by atoms with van der Waals surface area (Å²) >= 11 is 0. The molecule has 2 aliphatic rings. The van der Waals surface area contributed by atoms with E-state index in [-0.39, 0.29) is 29.8 Å². The SMILES string of the molecule is CC(C)C(=O)O[C@H]1[C@H](c2ccc3c(N)ncnn23)O[C@](C#N)(COP(=O)(NC(C)C(=O)OCC2COC2)Oc2ccccc2)[C@H]1OC(=O)C(C)C. The van der Waals surface area contributed by atoms with E-state index in [4.69, 9.17) is 38.5 Å². The number of carbonyl (C=O) groups excluding carboxylic acids is 3. The summed E-state index contributed by atoms with van der Waals surface area (Å²) in [4.78, 5) is 43.1. The maximum Gasteiger partial charge on any atom is 0.459 e. The topological polar surface area (TPSA) is 225 Å². The van der Waals surface area contributed by atoms with Gasteiger partial charge in [-0.05, 0) is 31.2 Å². The van der Waals surface area contributed by atoms with Gasteiger partial charge >= 0.3 is 25.7 Å². The number of nitrogens with zero attached hydrogens (tertiary/aromatic N) is 4. The largest absolute Gasteiger partial charge is 0.464 e. The summed E-state index contributed by atoms with van der Waals surface area (Å²) in [5, 5.41) is 17.6. The maximum atomic E-state index is 14.4. The quantitative estimate of drug-likeness (QED) is 0.130. The van der Waals surface area contributed by atoms with Crippen molar-refractivity contribution < 1.29 is 51.7 Å². The predicted molar refractivity (Wildman–Crippen MR) is 177 cm³/mol. The highest BCUT2D eigenvalue weighted by Crippen LogP contribution is 2.50. The molecule has 0 bridgehead atoms. The summed E-state index contributed by atoms with van der Waals surface area (Å²) in [6.07, 6.45) is -3.12. The Balaban J connectivity index is 1.52. The number of nitriles is 1.